The van der Waals surface area contributed by atoms with Gasteiger partial charge in [-0.2, -0.15) is 4.39 Å². The van der Waals surface area contributed by atoms with Gasteiger partial charge in [0.25, 0.3) is 0 Å². The molecule has 40 valence electrons. The van der Waals surface area contributed by atoms with Gasteiger partial charge in [0.1, 0.15) is 0 Å². The summed E-state index contributed by atoms with van der Waals surface area (Å²) in [5, 5.41) is -0.449. The molecule has 0 spiro atoms. The first-order valence-corrected chi connectivity index (χ1v) is 2.92. The van der Waals surface area contributed by atoms with Gasteiger partial charge < -0.3 is 0 Å². The van der Waals surface area contributed by atoms with Crippen molar-refractivity contribution in [1.82, 2.24) is 0 Å². The quantitative estimate of drug-likeness (QED) is 0.379. The van der Waals surface area contributed by atoms with Gasteiger partial charge in [-0.1, -0.05) is 18.3 Å². The minimum absolute atomic E-state index is 0.449. The number of aliphatic imine (C=N–C) groups is 1. The second kappa shape index (κ2) is 3.87. The van der Waals surface area contributed by atoms with Gasteiger partial charge in [0, 0.05) is 6.20 Å². The van der Waals surface area contributed by atoms with Crippen molar-refractivity contribution in [3.8, 4) is 0 Å². The Balaban J connectivity index is 3.49. The molecule has 0 aliphatic rings. The molecule has 0 aromatic rings. The maximum atomic E-state index is 11.8. The summed E-state index contributed by atoms with van der Waals surface area (Å²) in [6.07, 6.45) is 2.79. The van der Waals surface area contributed by atoms with Gasteiger partial charge in [0.2, 0.25) is 5.30 Å². The Morgan fingerprint density at radius 2 is 2.57 bits per heavy atom. The zero-order chi connectivity index (χ0) is 5.70. The van der Waals surface area contributed by atoms with Crippen molar-refractivity contribution in [3.05, 3.63) is 12.8 Å². The second-order valence-electron chi connectivity index (χ2n) is 0.769. The van der Waals surface area contributed by atoms with Crippen LogP contribution < -0.4 is 0 Å². The molecule has 0 aliphatic heterocycles. The molecule has 0 amide bonds. The molecule has 0 fully saturated rings. The summed E-state index contributed by atoms with van der Waals surface area (Å²) in [6, 6.07) is 0. The molecule has 0 unspecified atom stereocenters. The van der Waals surface area contributed by atoms with Gasteiger partial charge in [0.05, 0.1) is 0 Å². The first-order chi connectivity index (χ1) is 3.31. The monoisotopic (exact) mass is 119 g/mol. The molecule has 3 heteroatoms. The van der Waals surface area contributed by atoms with Crippen molar-refractivity contribution < 1.29 is 4.39 Å². The molecule has 0 saturated heterocycles. The Hall–Kier alpha value is -0.310. The average Bonchev–Trinajstić information content (AvgIpc) is 1.68. The van der Waals surface area contributed by atoms with Crippen LogP contribution in [0.15, 0.2) is 17.8 Å². The molecule has 7 heavy (non-hydrogen) atoms. The van der Waals surface area contributed by atoms with E-state index in [-0.39, 0.29) is 0 Å². The minimum Gasteiger partial charge on any atom is -0.223 e. The molecule has 0 atom stereocenters. The molecule has 0 aliphatic carbocycles. The summed E-state index contributed by atoms with van der Waals surface area (Å²) in [6.45, 7) is 3.21. The molecule has 0 N–H and O–H groups in total. The fraction of sp³-hybridized carbons (Fsp3) is 0.250. The van der Waals surface area contributed by atoms with Gasteiger partial charge in [-0.3, -0.25) is 0 Å². The highest BCUT2D eigenvalue weighted by Gasteiger charge is 1.83. The van der Waals surface area contributed by atoms with E-state index >= 15 is 0 Å². The molecule has 0 aromatic heterocycles. The fourth-order valence-electron chi connectivity index (χ4n) is 0.124. The van der Waals surface area contributed by atoms with E-state index in [2.05, 4.69) is 11.6 Å². The topological polar surface area (TPSA) is 12.4 Å². The molecule has 0 saturated carbocycles. The number of hydrogen-bond donors (Lipinski definition) is 0. The maximum Gasteiger partial charge on any atom is 0.247 e. The summed E-state index contributed by atoms with van der Waals surface area (Å²) >= 11 is 0.961. The number of halogens is 1. The van der Waals surface area contributed by atoms with Gasteiger partial charge in [0.15, 0.2) is 0 Å². The third-order valence-corrected chi connectivity index (χ3v) is 0.804. The van der Waals surface area contributed by atoms with Gasteiger partial charge in [-0.25, -0.2) is 4.99 Å². The van der Waals surface area contributed by atoms with E-state index in [4.69, 9.17) is 0 Å². The van der Waals surface area contributed by atoms with Crippen LogP contribution in [0.3, 0.4) is 0 Å². The summed E-state index contributed by atoms with van der Waals surface area (Å²) < 4.78 is 11.8. The number of hydrogen-bond acceptors (Lipinski definition) is 2. The lowest BCUT2D eigenvalue weighted by atomic mass is 11.1. The first kappa shape index (κ1) is 6.69. The van der Waals surface area contributed by atoms with Crippen molar-refractivity contribution in [2.45, 2.75) is 0 Å². The van der Waals surface area contributed by atoms with Crippen LogP contribution in [-0.2, 0) is 0 Å². The number of thioether (sulfide) groups is 1. The Labute approximate surface area is 46.3 Å². The van der Waals surface area contributed by atoms with Gasteiger partial charge in [-0.05, 0) is 6.26 Å². The maximum absolute atomic E-state index is 11.8. The molecular weight excluding hydrogens is 113 g/mol. The normalized spacial score (nSPS) is 11.4. The third kappa shape index (κ3) is 3.52. The van der Waals surface area contributed by atoms with Crippen LogP contribution in [0.25, 0.3) is 0 Å². The largest absolute Gasteiger partial charge is 0.247 e. The van der Waals surface area contributed by atoms with Crippen LogP contribution in [0.4, 0.5) is 4.39 Å². The van der Waals surface area contributed by atoms with Crippen LogP contribution in [0.1, 0.15) is 0 Å². The van der Waals surface area contributed by atoms with E-state index in [1.807, 2.05) is 0 Å². The van der Waals surface area contributed by atoms with Crippen molar-refractivity contribution in [2.24, 2.45) is 4.99 Å². The highest BCUT2D eigenvalue weighted by molar-refractivity contribution is 8.12. The predicted octanol–water partition coefficient (Wildman–Crippen LogP) is 1.82. The zero-order valence-corrected chi connectivity index (χ0v) is 4.83. The third-order valence-electron chi connectivity index (χ3n) is 0.361. The molecule has 0 rings (SSSR count). The predicted molar refractivity (Wildman–Crippen MR) is 32.3 cm³/mol. The smallest absolute Gasteiger partial charge is 0.223 e. The standard InChI is InChI=1S/C4H6FNS/c1-3-6-4(5)7-2/h3H,1H2,2H3. The van der Waals surface area contributed by atoms with E-state index in [1.54, 1.807) is 6.26 Å². The van der Waals surface area contributed by atoms with E-state index in [9.17, 15) is 4.39 Å². The Kier molecular flexibility index (Phi) is 3.69. The lowest BCUT2D eigenvalue weighted by molar-refractivity contribution is 0.830. The average molecular weight is 119 g/mol. The Morgan fingerprint density at radius 1 is 2.00 bits per heavy atom. The Morgan fingerprint density at radius 3 is 2.71 bits per heavy atom. The zero-order valence-electron chi connectivity index (χ0n) is 4.02. The van der Waals surface area contributed by atoms with E-state index < -0.39 is 5.30 Å². The van der Waals surface area contributed by atoms with Crippen LogP contribution >= 0.6 is 11.8 Å². The van der Waals surface area contributed by atoms with Gasteiger partial charge >= 0.3 is 0 Å². The van der Waals surface area contributed by atoms with Crippen molar-refractivity contribution in [2.75, 3.05) is 6.26 Å². The van der Waals surface area contributed by atoms with E-state index in [0.29, 0.717) is 0 Å². The summed E-state index contributed by atoms with van der Waals surface area (Å²) in [5.41, 5.74) is 0. The molecule has 0 heterocycles. The number of nitrogens with zero attached hydrogens (tertiary/aromatic N) is 1. The molecule has 0 aromatic carbocycles. The van der Waals surface area contributed by atoms with Gasteiger partial charge in [-0.15, -0.1) is 0 Å². The second-order valence-corrected chi connectivity index (χ2v) is 1.51. The van der Waals surface area contributed by atoms with E-state index in [0.717, 1.165) is 11.8 Å². The lowest BCUT2D eigenvalue weighted by Crippen LogP contribution is -1.72. The fourth-order valence-corrected chi connectivity index (χ4v) is 0.304. The molecule has 1 nitrogen and oxygen atoms in total. The highest BCUT2D eigenvalue weighted by atomic mass is 32.2. The highest BCUT2D eigenvalue weighted by Crippen LogP contribution is 1.97. The molecular formula is C4H6FNS. The van der Waals surface area contributed by atoms with Crippen molar-refractivity contribution in [1.29, 1.82) is 0 Å². The van der Waals surface area contributed by atoms with Crippen LogP contribution in [-0.4, -0.2) is 11.6 Å². The summed E-state index contributed by atoms with van der Waals surface area (Å²) in [7, 11) is 0. The molecule has 0 bridgehead atoms. The number of rotatable bonds is 1. The summed E-state index contributed by atoms with van der Waals surface area (Å²) in [4.78, 5) is 3.22. The van der Waals surface area contributed by atoms with Crippen LogP contribution in [0.2, 0.25) is 0 Å². The lowest BCUT2D eigenvalue weighted by Gasteiger charge is -1.79. The summed E-state index contributed by atoms with van der Waals surface area (Å²) in [5.74, 6) is 0. The minimum atomic E-state index is -0.449. The van der Waals surface area contributed by atoms with Crippen LogP contribution in [0, 0.1) is 0 Å². The molecule has 0 radical (unpaired) electrons. The first-order valence-electron chi connectivity index (χ1n) is 1.69. The van der Waals surface area contributed by atoms with Crippen molar-refractivity contribution in [3.63, 3.8) is 0 Å². The van der Waals surface area contributed by atoms with E-state index in [1.165, 1.54) is 6.20 Å². The van der Waals surface area contributed by atoms with Crippen LogP contribution in [0.5, 0.6) is 0 Å². The SMILES string of the molecule is C=CN=C(F)SC. The van der Waals surface area contributed by atoms with Crippen molar-refractivity contribution >= 4 is 17.1 Å². The Bertz CT molecular complexity index is 89.7.